The Labute approximate surface area is 105 Å². The van der Waals surface area contributed by atoms with E-state index in [1.807, 2.05) is 11.8 Å². The molecule has 0 bridgehead atoms. The van der Waals surface area contributed by atoms with Crippen molar-refractivity contribution in [2.24, 2.45) is 0 Å². The van der Waals surface area contributed by atoms with Gasteiger partial charge in [-0.2, -0.15) is 23.1 Å². The van der Waals surface area contributed by atoms with E-state index in [1.54, 1.807) is 11.3 Å². The second-order valence-electron chi connectivity index (χ2n) is 4.51. The number of thiophene rings is 1. The summed E-state index contributed by atoms with van der Waals surface area (Å²) in [6, 6.07) is 2.64. The molecule has 88 valence electrons. The summed E-state index contributed by atoms with van der Waals surface area (Å²) in [6.45, 7) is 1.84. The number of morpholine rings is 1. The van der Waals surface area contributed by atoms with E-state index in [9.17, 15) is 0 Å². The lowest BCUT2D eigenvalue weighted by atomic mass is 9.86. The lowest BCUT2D eigenvalue weighted by Crippen LogP contribution is -2.54. The minimum absolute atomic E-state index is 0.0578. The van der Waals surface area contributed by atoms with Crippen molar-refractivity contribution in [3.63, 3.8) is 0 Å². The number of thioether (sulfide) groups is 1. The number of nitrogens with one attached hydrogen (secondary N) is 1. The fourth-order valence-electron chi connectivity index (χ4n) is 2.72. The van der Waals surface area contributed by atoms with Crippen molar-refractivity contribution in [2.45, 2.75) is 24.5 Å². The number of rotatable bonds is 1. The molecule has 0 radical (unpaired) electrons. The van der Waals surface area contributed by atoms with Crippen LogP contribution >= 0.6 is 23.1 Å². The van der Waals surface area contributed by atoms with E-state index in [0.717, 1.165) is 18.9 Å². The molecule has 2 fully saturated rings. The predicted octanol–water partition coefficient (Wildman–Crippen LogP) is 2.67. The fourth-order valence-corrected chi connectivity index (χ4v) is 4.64. The topological polar surface area (TPSA) is 21.3 Å². The van der Waals surface area contributed by atoms with Crippen molar-refractivity contribution in [3.05, 3.63) is 22.4 Å². The van der Waals surface area contributed by atoms with Gasteiger partial charge in [0.25, 0.3) is 0 Å². The Kier molecular flexibility index (Phi) is 3.25. The summed E-state index contributed by atoms with van der Waals surface area (Å²) in [5, 5.41) is 8.07. The lowest BCUT2D eigenvalue weighted by molar-refractivity contribution is -0.0887. The number of ether oxygens (including phenoxy) is 1. The van der Waals surface area contributed by atoms with Crippen molar-refractivity contribution >= 4 is 23.1 Å². The highest BCUT2D eigenvalue weighted by atomic mass is 32.2. The first kappa shape index (κ1) is 11.1. The molecule has 1 N–H and O–H groups in total. The first-order valence-electron chi connectivity index (χ1n) is 5.88. The van der Waals surface area contributed by atoms with E-state index in [4.69, 9.17) is 4.74 Å². The Morgan fingerprint density at radius 3 is 3.25 bits per heavy atom. The predicted molar refractivity (Wildman–Crippen MR) is 70.3 cm³/mol. The average Bonchev–Trinajstić information content (AvgIpc) is 2.84. The van der Waals surface area contributed by atoms with Crippen LogP contribution < -0.4 is 5.32 Å². The van der Waals surface area contributed by atoms with Crippen LogP contribution in [0.5, 0.6) is 0 Å². The number of hydrogen-bond acceptors (Lipinski definition) is 4. The first-order valence-corrected chi connectivity index (χ1v) is 7.98. The average molecular weight is 255 g/mol. The minimum atomic E-state index is 0.0578. The Morgan fingerprint density at radius 1 is 1.50 bits per heavy atom. The van der Waals surface area contributed by atoms with Crippen LogP contribution in [0.25, 0.3) is 0 Å². The highest BCUT2D eigenvalue weighted by Gasteiger charge is 2.44. The molecule has 1 aromatic rings. The standard InChI is InChI=1S/C12H17NOS2/c1-3-12(9-16-6-1)11(13-4-5-14-12)10-2-7-15-8-10/h2,7-8,11,13H,1,3-6,9H2. The zero-order valence-corrected chi connectivity index (χ0v) is 10.9. The van der Waals surface area contributed by atoms with Gasteiger partial charge in [0.15, 0.2) is 0 Å². The van der Waals surface area contributed by atoms with Crippen molar-refractivity contribution < 1.29 is 4.74 Å². The number of hydrogen-bond donors (Lipinski definition) is 1. The summed E-state index contributed by atoms with van der Waals surface area (Å²) in [5.41, 5.74) is 1.47. The van der Waals surface area contributed by atoms with Crippen LogP contribution in [0.4, 0.5) is 0 Å². The molecule has 2 saturated heterocycles. The fraction of sp³-hybridized carbons (Fsp3) is 0.667. The lowest BCUT2D eigenvalue weighted by Gasteiger charge is -2.46. The monoisotopic (exact) mass is 255 g/mol. The molecule has 3 heterocycles. The van der Waals surface area contributed by atoms with E-state index in [0.29, 0.717) is 6.04 Å². The van der Waals surface area contributed by atoms with Gasteiger partial charge in [-0.15, -0.1) is 0 Å². The van der Waals surface area contributed by atoms with Gasteiger partial charge in [0.1, 0.15) is 0 Å². The molecule has 0 saturated carbocycles. The van der Waals surface area contributed by atoms with Gasteiger partial charge in [-0.3, -0.25) is 0 Å². The Balaban J connectivity index is 1.88. The van der Waals surface area contributed by atoms with Crippen LogP contribution in [0.1, 0.15) is 24.4 Å². The zero-order chi connectivity index (χ0) is 10.8. The van der Waals surface area contributed by atoms with Gasteiger partial charge >= 0.3 is 0 Å². The van der Waals surface area contributed by atoms with E-state index < -0.39 is 0 Å². The van der Waals surface area contributed by atoms with Crippen LogP contribution in [0, 0.1) is 0 Å². The maximum Gasteiger partial charge on any atom is 0.0967 e. The molecule has 4 heteroatoms. The molecule has 0 amide bonds. The summed E-state index contributed by atoms with van der Waals surface area (Å²) < 4.78 is 6.16. The Hall–Kier alpha value is -0.0300. The molecular formula is C12H17NOS2. The normalized spacial score (nSPS) is 35.4. The molecule has 2 unspecified atom stereocenters. The van der Waals surface area contributed by atoms with Crippen LogP contribution in [-0.4, -0.2) is 30.3 Å². The summed E-state index contributed by atoms with van der Waals surface area (Å²) in [4.78, 5) is 0. The van der Waals surface area contributed by atoms with Crippen LogP contribution in [-0.2, 0) is 4.74 Å². The minimum Gasteiger partial charge on any atom is -0.371 e. The molecule has 0 aliphatic carbocycles. The van der Waals surface area contributed by atoms with Gasteiger partial charge in [0.2, 0.25) is 0 Å². The summed E-state index contributed by atoms with van der Waals surface area (Å²) in [5.74, 6) is 2.43. The molecule has 0 aromatic carbocycles. The highest BCUT2D eigenvalue weighted by Crippen LogP contribution is 2.41. The molecule has 2 nitrogen and oxygen atoms in total. The maximum atomic E-state index is 6.16. The second-order valence-corrected chi connectivity index (χ2v) is 6.40. The van der Waals surface area contributed by atoms with Crippen molar-refractivity contribution in [1.82, 2.24) is 5.32 Å². The van der Waals surface area contributed by atoms with Crippen molar-refractivity contribution in [2.75, 3.05) is 24.7 Å². The molecule has 2 atom stereocenters. The highest BCUT2D eigenvalue weighted by molar-refractivity contribution is 7.99. The first-order chi connectivity index (χ1) is 7.91. The van der Waals surface area contributed by atoms with Gasteiger partial charge < -0.3 is 10.1 Å². The van der Waals surface area contributed by atoms with E-state index >= 15 is 0 Å². The van der Waals surface area contributed by atoms with E-state index in [1.165, 1.54) is 24.2 Å². The van der Waals surface area contributed by atoms with Crippen LogP contribution in [0.2, 0.25) is 0 Å². The molecule has 2 aliphatic heterocycles. The third-order valence-corrected chi connectivity index (χ3v) is 5.45. The molecule has 2 aliphatic rings. The van der Waals surface area contributed by atoms with Crippen molar-refractivity contribution in [1.29, 1.82) is 0 Å². The summed E-state index contributed by atoms with van der Waals surface area (Å²) in [6.07, 6.45) is 2.49. The summed E-state index contributed by atoms with van der Waals surface area (Å²) in [7, 11) is 0. The second kappa shape index (κ2) is 4.69. The maximum absolute atomic E-state index is 6.16. The smallest absolute Gasteiger partial charge is 0.0967 e. The van der Waals surface area contributed by atoms with Crippen LogP contribution in [0.3, 0.4) is 0 Å². The van der Waals surface area contributed by atoms with E-state index in [-0.39, 0.29) is 5.60 Å². The van der Waals surface area contributed by atoms with Gasteiger partial charge in [-0.1, -0.05) is 0 Å². The quantitative estimate of drug-likeness (QED) is 0.833. The van der Waals surface area contributed by atoms with Crippen LogP contribution in [0.15, 0.2) is 16.8 Å². The van der Waals surface area contributed by atoms with Gasteiger partial charge in [0, 0.05) is 12.3 Å². The third kappa shape index (κ3) is 1.92. The SMILES string of the molecule is c1cc(C2NCCOC23CCCSC3)cs1. The molecule has 16 heavy (non-hydrogen) atoms. The molecule has 1 aromatic heterocycles. The molecule has 1 spiro atoms. The molecule has 3 rings (SSSR count). The summed E-state index contributed by atoms with van der Waals surface area (Å²) >= 11 is 3.82. The Bertz CT molecular complexity index is 325. The zero-order valence-electron chi connectivity index (χ0n) is 9.28. The van der Waals surface area contributed by atoms with Crippen molar-refractivity contribution in [3.8, 4) is 0 Å². The van der Waals surface area contributed by atoms with E-state index in [2.05, 4.69) is 22.1 Å². The van der Waals surface area contributed by atoms with Gasteiger partial charge in [0.05, 0.1) is 18.2 Å². The Morgan fingerprint density at radius 2 is 2.50 bits per heavy atom. The molecular weight excluding hydrogens is 238 g/mol. The van der Waals surface area contributed by atoms with Gasteiger partial charge in [-0.25, -0.2) is 0 Å². The third-order valence-electron chi connectivity index (χ3n) is 3.48. The largest absolute Gasteiger partial charge is 0.371 e. The van der Waals surface area contributed by atoms with Gasteiger partial charge in [-0.05, 0) is 41.0 Å².